The second-order valence-electron chi connectivity index (χ2n) is 4.81. The van der Waals surface area contributed by atoms with Crippen molar-refractivity contribution in [2.24, 2.45) is 5.73 Å². The van der Waals surface area contributed by atoms with Gasteiger partial charge in [0.25, 0.3) is 0 Å². The highest BCUT2D eigenvalue weighted by Gasteiger charge is 2.19. The van der Waals surface area contributed by atoms with Crippen molar-refractivity contribution in [1.29, 1.82) is 0 Å². The number of hydrogen-bond acceptors (Lipinski definition) is 3. The van der Waals surface area contributed by atoms with E-state index in [4.69, 9.17) is 5.73 Å². The Morgan fingerprint density at radius 3 is 2.82 bits per heavy atom. The summed E-state index contributed by atoms with van der Waals surface area (Å²) in [6.45, 7) is 0. The van der Waals surface area contributed by atoms with E-state index in [1.54, 1.807) is 11.3 Å². The Hall–Kier alpha value is -0.870. The number of thiophene rings is 1. The summed E-state index contributed by atoms with van der Waals surface area (Å²) in [5.41, 5.74) is 7.10. The van der Waals surface area contributed by atoms with Gasteiger partial charge < -0.3 is 11.1 Å². The third-order valence-electron chi connectivity index (χ3n) is 3.36. The van der Waals surface area contributed by atoms with E-state index in [2.05, 4.69) is 22.1 Å². The van der Waals surface area contributed by atoms with Gasteiger partial charge >= 0.3 is 0 Å². The highest BCUT2D eigenvalue weighted by atomic mass is 32.1. The van der Waals surface area contributed by atoms with Gasteiger partial charge in [0.05, 0.1) is 0 Å². The fraction of sp³-hybridized carbons (Fsp3) is 0.615. The predicted octanol–water partition coefficient (Wildman–Crippen LogP) is 2.07. The van der Waals surface area contributed by atoms with Crippen LogP contribution in [0.5, 0.6) is 0 Å². The molecule has 0 radical (unpaired) electrons. The van der Waals surface area contributed by atoms with Crippen LogP contribution in [0.15, 0.2) is 16.8 Å². The number of amides is 1. The molecule has 0 saturated heterocycles. The van der Waals surface area contributed by atoms with Gasteiger partial charge in [0.15, 0.2) is 0 Å². The van der Waals surface area contributed by atoms with Gasteiger partial charge in [-0.1, -0.05) is 0 Å². The molecule has 0 aromatic carbocycles. The maximum atomic E-state index is 11.7. The molecule has 4 heteroatoms. The summed E-state index contributed by atoms with van der Waals surface area (Å²) < 4.78 is 0. The number of rotatable bonds is 4. The Kier molecular flexibility index (Phi) is 4.57. The number of aryl methyl sites for hydroxylation is 1. The van der Waals surface area contributed by atoms with E-state index < -0.39 is 0 Å². The Morgan fingerprint density at radius 1 is 1.41 bits per heavy atom. The first-order chi connectivity index (χ1) is 8.24. The molecule has 1 heterocycles. The molecule has 1 saturated carbocycles. The number of nitrogens with one attached hydrogen (secondary N) is 1. The average molecular weight is 252 g/mol. The molecule has 0 bridgehead atoms. The van der Waals surface area contributed by atoms with Crippen LogP contribution in [0.4, 0.5) is 0 Å². The zero-order valence-corrected chi connectivity index (χ0v) is 10.8. The third-order valence-corrected chi connectivity index (χ3v) is 4.09. The topological polar surface area (TPSA) is 55.1 Å². The van der Waals surface area contributed by atoms with Gasteiger partial charge in [0.2, 0.25) is 5.91 Å². The van der Waals surface area contributed by atoms with Crippen LogP contribution in [0, 0.1) is 0 Å². The Bertz CT molecular complexity index is 342. The van der Waals surface area contributed by atoms with Gasteiger partial charge in [-0.15, -0.1) is 0 Å². The van der Waals surface area contributed by atoms with E-state index in [1.165, 1.54) is 5.56 Å². The fourth-order valence-electron chi connectivity index (χ4n) is 2.26. The SMILES string of the molecule is NC1CCC(NC(=O)CCc2ccsc2)CC1. The minimum atomic E-state index is 0.177. The molecule has 1 aromatic rings. The maximum absolute atomic E-state index is 11.7. The van der Waals surface area contributed by atoms with Gasteiger partial charge in [0, 0.05) is 18.5 Å². The molecule has 0 spiro atoms. The zero-order chi connectivity index (χ0) is 12.1. The van der Waals surface area contributed by atoms with Crippen molar-refractivity contribution in [3.8, 4) is 0 Å². The number of hydrogen-bond donors (Lipinski definition) is 2. The van der Waals surface area contributed by atoms with Crippen LogP contribution in [0.1, 0.15) is 37.7 Å². The van der Waals surface area contributed by atoms with Gasteiger partial charge in [-0.2, -0.15) is 11.3 Å². The molecule has 0 atom stereocenters. The zero-order valence-electron chi connectivity index (χ0n) is 10.0. The fourth-order valence-corrected chi connectivity index (χ4v) is 2.96. The second kappa shape index (κ2) is 6.17. The minimum Gasteiger partial charge on any atom is -0.353 e. The van der Waals surface area contributed by atoms with Crippen LogP contribution in [0.2, 0.25) is 0 Å². The van der Waals surface area contributed by atoms with Crippen LogP contribution in [-0.2, 0) is 11.2 Å². The molecular weight excluding hydrogens is 232 g/mol. The lowest BCUT2D eigenvalue weighted by atomic mass is 9.92. The summed E-state index contributed by atoms with van der Waals surface area (Å²) in [7, 11) is 0. The molecule has 0 unspecified atom stereocenters. The standard InChI is InChI=1S/C13H20N2OS/c14-11-2-4-12(5-3-11)15-13(16)6-1-10-7-8-17-9-10/h7-9,11-12H,1-6,14H2,(H,15,16). The number of carbonyl (C=O) groups excluding carboxylic acids is 1. The normalized spacial score (nSPS) is 24.5. The van der Waals surface area contributed by atoms with Crippen LogP contribution in [0.25, 0.3) is 0 Å². The highest BCUT2D eigenvalue weighted by molar-refractivity contribution is 7.07. The van der Waals surface area contributed by atoms with Crippen molar-refractivity contribution in [3.63, 3.8) is 0 Å². The molecule has 3 nitrogen and oxygen atoms in total. The molecule has 1 aliphatic carbocycles. The van der Waals surface area contributed by atoms with Crippen LogP contribution >= 0.6 is 11.3 Å². The molecule has 1 amide bonds. The summed E-state index contributed by atoms with van der Waals surface area (Å²) in [4.78, 5) is 11.7. The first-order valence-electron chi connectivity index (χ1n) is 6.30. The molecule has 2 rings (SSSR count). The lowest BCUT2D eigenvalue weighted by Crippen LogP contribution is -2.40. The predicted molar refractivity (Wildman–Crippen MR) is 71.0 cm³/mol. The largest absolute Gasteiger partial charge is 0.353 e. The Morgan fingerprint density at radius 2 is 2.18 bits per heavy atom. The molecule has 0 aliphatic heterocycles. The lowest BCUT2D eigenvalue weighted by molar-refractivity contribution is -0.122. The van der Waals surface area contributed by atoms with Crippen LogP contribution < -0.4 is 11.1 Å². The lowest BCUT2D eigenvalue weighted by Gasteiger charge is -2.26. The van der Waals surface area contributed by atoms with Crippen molar-refractivity contribution in [3.05, 3.63) is 22.4 Å². The van der Waals surface area contributed by atoms with Crippen molar-refractivity contribution in [1.82, 2.24) is 5.32 Å². The third kappa shape index (κ3) is 4.13. The molecule has 1 aliphatic rings. The van der Waals surface area contributed by atoms with Gasteiger partial charge in [-0.05, 0) is 54.5 Å². The maximum Gasteiger partial charge on any atom is 0.220 e. The molecule has 94 valence electrons. The van der Waals surface area contributed by atoms with Crippen molar-refractivity contribution in [2.75, 3.05) is 0 Å². The van der Waals surface area contributed by atoms with E-state index >= 15 is 0 Å². The molecule has 1 fully saturated rings. The quantitative estimate of drug-likeness (QED) is 0.862. The summed E-state index contributed by atoms with van der Waals surface area (Å²) >= 11 is 1.68. The molecule has 1 aromatic heterocycles. The number of carbonyl (C=O) groups is 1. The highest BCUT2D eigenvalue weighted by Crippen LogP contribution is 2.17. The second-order valence-corrected chi connectivity index (χ2v) is 5.59. The summed E-state index contributed by atoms with van der Waals surface area (Å²) in [6.07, 6.45) is 5.59. The van der Waals surface area contributed by atoms with Gasteiger partial charge in [-0.25, -0.2) is 0 Å². The van der Waals surface area contributed by atoms with E-state index in [0.29, 0.717) is 18.5 Å². The van der Waals surface area contributed by atoms with Crippen LogP contribution in [-0.4, -0.2) is 18.0 Å². The minimum absolute atomic E-state index is 0.177. The summed E-state index contributed by atoms with van der Waals surface area (Å²) in [5.74, 6) is 0.177. The van der Waals surface area contributed by atoms with Gasteiger partial charge in [-0.3, -0.25) is 4.79 Å². The smallest absolute Gasteiger partial charge is 0.220 e. The first-order valence-corrected chi connectivity index (χ1v) is 7.24. The van der Waals surface area contributed by atoms with Crippen molar-refractivity contribution in [2.45, 2.75) is 50.6 Å². The van der Waals surface area contributed by atoms with Gasteiger partial charge in [0.1, 0.15) is 0 Å². The Labute approximate surface area is 106 Å². The monoisotopic (exact) mass is 252 g/mol. The molecule has 3 N–H and O–H groups in total. The van der Waals surface area contributed by atoms with E-state index in [-0.39, 0.29) is 5.91 Å². The Balaban J connectivity index is 1.67. The van der Waals surface area contributed by atoms with E-state index in [0.717, 1.165) is 32.1 Å². The first kappa shape index (κ1) is 12.6. The van der Waals surface area contributed by atoms with Crippen LogP contribution in [0.3, 0.4) is 0 Å². The number of nitrogens with two attached hydrogens (primary N) is 1. The van der Waals surface area contributed by atoms with Crippen molar-refractivity contribution >= 4 is 17.2 Å². The summed E-state index contributed by atoms with van der Waals surface area (Å²) in [5, 5.41) is 7.27. The molecular formula is C13H20N2OS. The molecule has 17 heavy (non-hydrogen) atoms. The van der Waals surface area contributed by atoms with E-state index in [1.807, 2.05) is 0 Å². The average Bonchev–Trinajstić information content (AvgIpc) is 2.83. The summed E-state index contributed by atoms with van der Waals surface area (Å²) in [6, 6.07) is 2.77. The van der Waals surface area contributed by atoms with E-state index in [9.17, 15) is 4.79 Å². The van der Waals surface area contributed by atoms with Crippen molar-refractivity contribution < 1.29 is 4.79 Å².